The van der Waals surface area contributed by atoms with Crippen LogP contribution >= 0.6 is 22.6 Å². The third kappa shape index (κ3) is 2.50. The number of nitrogens with zero attached hydrogens (tertiary/aromatic N) is 2. The lowest BCUT2D eigenvalue weighted by Gasteiger charge is -2.21. The van der Waals surface area contributed by atoms with E-state index in [0.29, 0.717) is 11.6 Å². The number of nitrogens with one attached hydrogen (secondary N) is 1. The summed E-state index contributed by atoms with van der Waals surface area (Å²) in [6, 6.07) is 3.71. The third-order valence-electron chi connectivity index (χ3n) is 2.54. The maximum absolute atomic E-state index is 5.37. The van der Waals surface area contributed by atoms with Crippen LogP contribution in [0.3, 0.4) is 0 Å². The summed E-state index contributed by atoms with van der Waals surface area (Å²) in [6.07, 6.45) is 1.63. The first-order valence-electron chi connectivity index (χ1n) is 5.73. The first-order chi connectivity index (χ1) is 8.43. The minimum atomic E-state index is -0.0353. The van der Waals surface area contributed by atoms with Gasteiger partial charge in [-0.25, -0.2) is 9.97 Å². The Kier molecular flexibility index (Phi) is 3.61. The Morgan fingerprint density at radius 3 is 2.50 bits per heavy atom. The minimum absolute atomic E-state index is 0.0353. The molecule has 0 aliphatic heterocycles. The fourth-order valence-electron chi connectivity index (χ4n) is 1.63. The Hall–Kier alpha value is -1.11. The van der Waals surface area contributed by atoms with Gasteiger partial charge in [0.15, 0.2) is 11.6 Å². The molecule has 0 saturated heterocycles. The summed E-state index contributed by atoms with van der Waals surface area (Å²) in [7, 11) is 1.86. The molecule has 4 nitrogen and oxygen atoms in total. The van der Waals surface area contributed by atoms with Crippen LogP contribution in [0.1, 0.15) is 26.5 Å². The average molecular weight is 357 g/mol. The maximum Gasteiger partial charge on any atom is 0.197 e. The van der Waals surface area contributed by atoms with Crippen molar-refractivity contribution in [1.82, 2.24) is 9.97 Å². The van der Waals surface area contributed by atoms with Crippen molar-refractivity contribution in [3.05, 3.63) is 27.7 Å². The van der Waals surface area contributed by atoms with Crippen molar-refractivity contribution in [2.75, 3.05) is 12.4 Å². The molecule has 96 valence electrons. The number of hydrogen-bond donors (Lipinski definition) is 1. The summed E-state index contributed by atoms with van der Waals surface area (Å²) in [4.78, 5) is 9.13. The average Bonchev–Trinajstić information content (AvgIpc) is 2.81. The van der Waals surface area contributed by atoms with Crippen LogP contribution in [-0.4, -0.2) is 17.0 Å². The van der Waals surface area contributed by atoms with E-state index in [1.165, 1.54) is 0 Å². The Balaban J connectivity index is 2.64. The highest BCUT2D eigenvalue weighted by atomic mass is 127. The van der Waals surface area contributed by atoms with Crippen LogP contribution in [-0.2, 0) is 5.41 Å². The van der Waals surface area contributed by atoms with Crippen molar-refractivity contribution in [3.8, 4) is 11.6 Å². The lowest BCUT2D eigenvalue weighted by molar-refractivity contribution is 0.554. The van der Waals surface area contributed by atoms with E-state index in [1.807, 2.05) is 19.2 Å². The molecule has 2 heterocycles. The van der Waals surface area contributed by atoms with Gasteiger partial charge >= 0.3 is 0 Å². The lowest BCUT2D eigenvalue weighted by atomic mass is 9.92. The van der Waals surface area contributed by atoms with Gasteiger partial charge in [0.2, 0.25) is 0 Å². The molecule has 0 aliphatic carbocycles. The summed E-state index contributed by atoms with van der Waals surface area (Å²) in [5.74, 6) is 2.14. The number of rotatable bonds is 2. The first kappa shape index (κ1) is 13.3. The SMILES string of the molecule is CNc1nc(-c2ccco2)nc(C(C)(C)C)c1I. The minimum Gasteiger partial charge on any atom is -0.461 e. The standard InChI is InChI=1S/C13H16IN3O/c1-13(2,3)10-9(14)12(15-4)17-11(16-10)8-6-5-7-18-8/h5-7H,1-4H3,(H,15,16,17). The molecule has 5 heteroatoms. The van der Waals surface area contributed by atoms with Crippen molar-refractivity contribution >= 4 is 28.4 Å². The normalized spacial score (nSPS) is 11.6. The molecule has 2 aromatic rings. The molecule has 0 spiro atoms. The highest BCUT2D eigenvalue weighted by Gasteiger charge is 2.23. The molecule has 0 unspecified atom stereocenters. The smallest absolute Gasteiger partial charge is 0.197 e. The molecule has 0 amide bonds. The number of anilines is 1. The zero-order chi connectivity index (χ0) is 13.3. The summed E-state index contributed by atoms with van der Waals surface area (Å²) in [5.41, 5.74) is 0.987. The van der Waals surface area contributed by atoms with Gasteiger partial charge in [-0.3, -0.25) is 0 Å². The van der Waals surface area contributed by atoms with Gasteiger partial charge in [-0.15, -0.1) is 0 Å². The molecule has 0 saturated carbocycles. The molecule has 18 heavy (non-hydrogen) atoms. The van der Waals surface area contributed by atoms with E-state index < -0.39 is 0 Å². The van der Waals surface area contributed by atoms with Gasteiger partial charge < -0.3 is 9.73 Å². The van der Waals surface area contributed by atoms with Crippen molar-refractivity contribution in [3.63, 3.8) is 0 Å². The molecule has 0 atom stereocenters. The van der Waals surface area contributed by atoms with Gasteiger partial charge in [-0.1, -0.05) is 20.8 Å². The second kappa shape index (κ2) is 4.87. The quantitative estimate of drug-likeness (QED) is 0.834. The lowest BCUT2D eigenvalue weighted by Crippen LogP contribution is -2.18. The summed E-state index contributed by atoms with van der Waals surface area (Å²) in [6.45, 7) is 6.43. The van der Waals surface area contributed by atoms with E-state index in [4.69, 9.17) is 4.42 Å². The molecule has 0 radical (unpaired) electrons. The van der Waals surface area contributed by atoms with Gasteiger partial charge in [-0.2, -0.15) is 0 Å². The van der Waals surface area contributed by atoms with E-state index >= 15 is 0 Å². The molecule has 0 aliphatic rings. The third-order valence-corrected chi connectivity index (χ3v) is 3.56. The Morgan fingerprint density at radius 2 is 2.00 bits per heavy atom. The highest BCUT2D eigenvalue weighted by Crippen LogP contribution is 2.31. The number of furan rings is 1. The van der Waals surface area contributed by atoms with Crippen LogP contribution < -0.4 is 5.32 Å². The Bertz CT molecular complexity index is 544. The number of halogens is 1. The van der Waals surface area contributed by atoms with Gasteiger partial charge in [0.1, 0.15) is 5.82 Å². The zero-order valence-corrected chi connectivity index (χ0v) is 13.1. The number of hydrogen-bond acceptors (Lipinski definition) is 4. The molecule has 0 fully saturated rings. The van der Waals surface area contributed by atoms with Crippen LogP contribution in [0.4, 0.5) is 5.82 Å². The van der Waals surface area contributed by atoms with Crippen LogP contribution in [0.15, 0.2) is 22.8 Å². The van der Waals surface area contributed by atoms with Crippen LogP contribution in [0, 0.1) is 3.57 Å². The second-order valence-corrected chi connectivity index (χ2v) is 6.11. The molecule has 2 rings (SSSR count). The fourth-order valence-corrected chi connectivity index (χ4v) is 2.95. The van der Waals surface area contributed by atoms with E-state index in [-0.39, 0.29) is 5.41 Å². The number of aromatic nitrogens is 2. The molecule has 0 bridgehead atoms. The zero-order valence-electron chi connectivity index (χ0n) is 10.9. The Morgan fingerprint density at radius 1 is 1.28 bits per heavy atom. The van der Waals surface area contributed by atoms with Crippen molar-refractivity contribution < 1.29 is 4.42 Å². The molecule has 0 aromatic carbocycles. The van der Waals surface area contributed by atoms with Crippen LogP contribution in [0.25, 0.3) is 11.6 Å². The van der Waals surface area contributed by atoms with Crippen molar-refractivity contribution in [2.45, 2.75) is 26.2 Å². The van der Waals surface area contributed by atoms with E-state index in [0.717, 1.165) is 15.1 Å². The van der Waals surface area contributed by atoms with E-state index in [9.17, 15) is 0 Å². The van der Waals surface area contributed by atoms with Crippen LogP contribution in [0.5, 0.6) is 0 Å². The fraction of sp³-hybridized carbons (Fsp3) is 0.385. The molecular weight excluding hydrogens is 341 g/mol. The topological polar surface area (TPSA) is 51.0 Å². The molecular formula is C13H16IN3O. The largest absolute Gasteiger partial charge is 0.461 e. The van der Waals surface area contributed by atoms with Crippen molar-refractivity contribution in [2.24, 2.45) is 0 Å². The predicted molar refractivity (Wildman–Crippen MR) is 80.7 cm³/mol. The first-order valence-corrected chi connectivity index (χ1v) is 6.81. The van der Waals surface area contributed by atoms with E-state index in [1.54, 1.807) is 6.26 Å². The van der Waals surface area contributed by atoms with Crippen molar-refractivity contribution in [1.29, 1.82) is 0 Å². The summed E-state index contributed by atoms with van der Waals surface area (Å²) < 4.78 is 6.42. The van der Waals surface area contributed by atoms with Gasteiger partial charge in [0.05, 0.1) is 15.5 Å². The monoisotopic (exact) mass is 357 g/mol. The summed E-state index contributed by atoms with van der Waals surface area (Å²) >= 11 is 2.28. The van der Waals surface area contributed by atoms with Gasteiger partial charge in [0, 0.05) is 12.5 Å². The molecule has 1 N–H and O–H groups in total. The summed E-state index contributed by atoms with van der Waals surface area (Å²) in [5, 5.41) is 3.11. The van der Waals surface area contributed by atoms with Gasteiger partial charge in [-0.05, 0) is 34.7 Å². The highest BCUT2D eigenvalue weighted by molar-refractivity contribution is 14.1. The maximum atomic E-state index is 5.37. The van der Waals surface area contributed by atoms with E-state index in [2.05, 4.69) is 58.6 Å². The predicted octanol–water partition coefficient (Wildman–Crippen LogP) is 3.68. The molecule has 2 aromatic heterocycles. The van der Waals surface area contributed by atoms with Gasteiger partial charge in [0.25, 0.3) is 0 Å². The van der Waals surface area contributed by atoms with Crippen LogP contribution in [0.2, 0.25) is 0 Å². The Labute approximate surface area is 120 Å². The second-order valence-electron chi connectivity index (χ2n) is 5.04.